The zero-order valence-electron chi connectivity index (χ0n) is 11.4. The Hall–Kier alpha value is -2.48. The summed E-state index contributed by atoms with van der Waals surface area (Å²) in [5.74, 6) is 1.10. The number of nitro groups is 1. The molecular formula is C13H14N4O4. The van der Waals surface area contributed by atoms with Gasteiger partial charge in [-0.2, -0.15) is 4.98 Å². The summed E-state index contributed by atoms with van der Waals surface area (Å²) in [7, 11) is 1.60. The predicted octanol–water partition coefficient (Wildman–Crippen LogP) is 2.32. The van der Waals surface area contributed by atoms with Crippen LogP contribution in [0.5, 0.6) is 0 Å². The molecule has 0 radical (unpaired) electrons. The smallest absolute Gasteiger partial charge is 0.292 e. The van der Waals surface area contributed by atoms with Crippen LogP contribution in [0.4, 0.5) is 11.4 Å². The Kier molecular flexibility index (Phi) is 3.30. The van der Waals surface area contributed by atoms with E-state index in [4.69, 9.17) is 15.0 Å². The first kappa shape index (κ1) is 13.5. The fourth-order valence-corrected chi connectivity index (χ4v) is 2.21. The second-order valence-electron chi connectivity index (χ2n) is 4.98. The molecule has 8 nitrogen and oxygen atoms in total. The molecule has 1 fully saturated rings. The Morgan fingerprint density at radius 1 is 1.52 bits per heavy atom. The van der Waals surface area contributed by atoms with Crippen molar-refractivity contribution in [1.82, 2.24) is 10.1 Å². The molecule has 110 valence electrons. The van der Waals surface area contributed by atoms with Gasteiger partial charge in [0.2, 0.25) is 5.82 Å². The highest BCUT2D eigenvalue weighted by molar-refractivity contribution is 5.67. The van der Waals surface area contributed by atoms with Crippen LogP contribution in [0.1, 0.15) is 24.8 Å². The highest BCUT2D eigenvalue weighted by atomic mass is 16.6. The number of nitrogens with two attached hydrogens (primary N) is 1. The Morgan fingerprint density at radius 2 is 2.29 bits per heavy atom. The molecular weight excluding hydrogens is 276 g/mol. The van der Waals surface area contributed by atoms with Gasteiger partial charge in [0.25, 0.3) is 11.6 Å². The van der Waals surface area contributed by atoms with E-state index in [2.05, 4.69) is 10.1 Å². The van der Waals surface area contributed by atoms with Crippen molar-refractivity contribution in [3.63, 3.8) is 0 Å². The standard InChI is InChI=1S/C13H14N4O4/c1-20-11(7-2-3-7)12-15-13(21-16-12)8-4-5-9(14)10(6-8)17(18)19/h4-7,11H,2-3,14H2,1H3. The van der Waals surface area contributed by atoms with Gasteiger partial charge in [-0.15, -0.1) is 0 Å². The van der Waals surface area contributed by atoms with E-state index in [1.54, 1.807) is 13.2 Å². The van der Waals surface area contributed by atoms with Crippen LogP contribution in [0, 0.1) is 16.0 Å². The molecule has 1 atom stereocenters. The number of nitro benzene ring substituents is 1. The summed E-state index contributed by atoms with van der Waals surface area (Å²) in [6, 6.07) is 4.39. The van der Waals surface area contributed by atoms with E-state index in [1.807, 2.05) is 0 Å². The van der Waals surface area contributed by atoms with E-state index in [1.165, 1.54) is 12.1 Å². The Labute approximate surface area is 120 Å². The first-order valence-electron chi connectivity index (χ1n) is 6.51. The van der Waals surface area contributed by atoms with E-state index in [-0.39, 0.29) is 23.4 Å². The Balaban J connectivity index is 1.92. The molecule has 0 bridgehead atoms. The monoisotopic (exact) mass is 290 g/mol. The molecule has 2 N–H and O–H groups in total. The van der Waals surface area contributed by atoms with Crippen molar-refractivity contribution in [2.24, 2.45) is 5.92 Å². The van der Waals surface area contributed by atoms with Crippen molar-refractivity contribution in [2.75, 3.05) is 12.8 Å². The van der Waals surface area contributed by atoms with Gasteiger partial charge in [-0.05, 0) is 30.9 Å². The minimum atomic E-state index is -0.543. The topological polar surface area (TPSA) is 117 Å². The van der Waals surface area contributed by atoms with E-state index in [0.29, 0.717) is 17.3 Å². The molecule has 2 aromatic rings. The van der Waals surface area contributed by atoms with Crippen molar-refractivity contribution in [1.29, 1.82) is 0 Å². The third-order valence-corrected chi connectivity index (χ3v) is 3.47. The van der Waals surface area contributed by atoms with Gasteiger partial charge in [0, 0.05) is 18.7 Å². The average molecular weight is 290 g/mol. The Bertz CT molecular complexity index is 681. The lowest BCUT2D eigenvalue weighted by Gasteiger charge is -2.08. The molecule has 1 aromatic carbocycles. The molecule has 1 heterocycles. The van der Waals surface area contributed by atoms with Crippen LogP contribution in [-0.4, -0.2) is 22.2 Å². The molecule has 1 aliphatic carbocycles. The highest BCUT2D eigenvalue weighted by Crippen LogP contribution is 2.42. The summed E-state index contributed by atoms with van der Waals surface area (Å²) in [5.41, 5.74) is 5.93. The maximum absolute atomic E-state index is 10.9. The van der Waals surface area contributed by atoms with Gasteiger partial charge >= 0.3 is 0 Å². The number of hydrogen-bond donors (Lipinski definition) is 1. The van der Waals surface area contributed by atoms with Gasteiger partial charge in [-0.25, -0.2) is 0 Å². The largest absolute Gasteiger partial charge is 0.393 e. The Morgan fingerprint density at radius 3 is 2.90 bits per heavy atom. The number of rotatable bonds is 5. The number of ether oxygens (including phenoxy) is 1. The number of benzene rings is 1. The van der Waals surface area contributed by atoms with E-state index in [0.717, 1.165) is 12.8 Å². The quantitative estimate of drug-likeness (QED) is 0.510. The van der Waals surface area contributed by atoms with Crippen LogP contribution in [0.3, 0.4) is 0 Å². The van der Waals surface area contributed by atoms with Crippen molar-refractivity contribution in [2.45, 2.75) is 18.9 Å². The van der Waals surface area contributed by atoms with Crippen LogP contribution < -0.4 is 5.73 Å². The van der Waals surface area contributed by atoms with Crippen LogP contribution in [0.2, 0.25) is 0 Å². The third kappa shape index (κ3) is 2.57. The number of hydrogen-bond acceptors (Lipinski definition) is 7. The summed E-state index contributed by atoms with van der Waals surface area (Å²) in [6.45, 7) is 0. The first-order chi connectivity index (χ1) is 10.1. The van der Waals surface area contributed by atoms with Crippen molar-refractivity contribution >= 4 is 11.4 Å². The third-order valence-electron chi connectivity index (χ3n) is 3.47. The molecule has 8 heteroatoms. The molecule has 1 unspecified atom stereocenters. The summed E-state index contributed by atoms with van der Waals surface area (Å²) >= 11 is 0. The van der Waals surface area contributed by atoms with Gasteiger partial charge in [0.05, 0.1) is 4.92 Å². The van der Waals surface area contributed by atoms with Gasteiger partial charge in [-0.1, -0.05) is 5.16 Å². The summed E-state index contributed by atoms with van der Waals surface area (Å²) in [4.78, 5) is 14.6. The normalized spacial score (nSPS) is 15.9. The molecule has 1 aromatic heterocycles. The number of methoxy groups -OCH3 is 1. The van der Waals surface area contributed by atoms with Gasteiger partial charge in [0.15, 0.2) is 0 Å². The summed E-state index contributed by atoms with van der Waals surface area (Å²) in [6.07, 6.45) is 1.97. The SMILES string of the molecule is COC(c1noc(-c2ccc(N)c([N+](=O)[O-])c2)n1)C1CC1. The number of nitrogen functional groups attached to an aromatic ring is 1. The first-order valence-corrected chi connectivity index (χ1v) is 6.51. The second-order valence-corrected chi connectivity index (χ2v) is 4.98. The van der Waals surface area contributed by atoms with E-state index in [9.17, 15) is 10.1 Å². The lowest BCUT2D eigenvalue weighted by molar-refractivity contribution is -0.383. The fourth-order valence-electron chi connectivity index (χ4n) is 2.21. The molecule has 0 amide bonds. The van der Waals surface area contributed by atoms with Crippen molar-refractivity contribution in [3.8, 4) is 11.5 Å². The summed E-state index contributed by atoms with van der Waals surface area (Å²) < 4.78 is 10.6. The minimum absolute atomic E-state index is 0.0937. The lowest BCUT2D eigenvalue weighted by atomic mass is 10.1. The number of anilines is 1. The maximum Gasteiger partial charge on any atom is 0.292 e. The summed E-state index contributed by atoms with van der Waals surface area (Å²) in [5, 5.41) is 14.8. The van der Waals surface area contributed by atoms with E-state index >= 15 is 0 Å². The van der Waals surface area contributed by atoms with Crippen molar-refractivity contribution in [3.05, 3.63) is 34.1 Å². The van der Waals surface area contributed by atoms with Crippen LogP contribution >= 0.6 is 0 Å². The van der Waals surface area contributed by atoms with E-state index < -0.39 is 4.92 Å². The molecule has 1 aliphatic rings. The fraction of sp³-hybridized carbons (Fsp3) is 0.385. The molecule has 0 aliphatic heterocycles. The number of aromatic nitrogens is 2. The lowest BCUT2D eigenvalue weighted by Crippen LogP contribution is -2.05. The average Bonchev–Trinajstić information content (AvgIpc) is 3.17. The van der Waals surface area contributed by atoms with Gasteiger partial charge in [0.1, 0.15) is 11.8 Å². The highest BCUT2D eigenvalue weighted by Gasteiger charge is 2.35. The molecule has 21 heavy (non-hydrogen) atoms. The predicted molar refractivity (Wildman–Crippen MR) is 73.3 cm³/mol. The molecule has 1 saturated carbocycles. The minimum Gasteiger partial charge on any atom is -0.393 e. The van der Waals surface area contributed by atoms with Gasteiger partial charge < -0.3 is 15.0 Å². The molecule has 3 rings (SSSR count). The zero-order valence-corrected chi connectivity index (χ0v) is 11.4. The van der Waals surface area contributed by atoms with Crippen LogP contribution in [-0.2, 0) is 4.74 Å². The maximum atomic E-state index is 10.9. The van der Waals surface area contributed by atoms with Crippen molar-refractivity contribution < 1.29 is 14.2 Å². The molecule has 0 spiro atoms. The second kappa shape index (κ2) is 5.13. The molecule has 0 saturated heterocycles. The van der Waals surface area contributed by atoms with Gasteiger partial charge in [-0.3, -0.25) is 10.1 Å². The van der Waals surface area contributed by atoms with Crippen LogP contribution in [0.25, 0.3) is 11.5 Å². The van der Waals surface area contributed by atoms with Crippen LogP contribution in [0.15, 0.2) is 22.7 Å². The zero-order chi connectivity index (χ0) is 15.0. The number of nitrogens with zero attached hydrogens (tertiary/aromatic N) is 3.